The predicted molar refractivity (Wildman–Crippen MR) is 109 cm³/mol. The summed E-state index contributed by atoms with van der Waals surface area (Å²) in [7, 11) is 1.59. The second-order valence-electron chi connectivity index (χ2n) is 7.11. The molecule has 3 heterocycles. The molecular weight excluding hydrogens is 384 g/mol. The number of nitrogens with zero attached hydrogens (tertiary/aromatic N) is 5. The number of methoxy groups -OCH3 is 1. The normalized spacial score (nSPS) is 11.2. The number of hydrogen-bond acceptors (Lipinski definition) is 7. The average molecular weight is 406 g/mol. The van der Waals surface area contributed by atoms with Crippen LogP contribution in [-0.2, 0) is 17.8 Å². The maximum Gasteiger partial charge on any atom is 0.261 e. The number of hydrogen-bond donors (Lipinski definition) is 1. The Balaban J connectivity index is 1.51. The quantitative estimate of drug-likeness (QED) is 0.503. The maximum absolute atomic E-state index is 12.4. The first-order valence-electron chi connectivity index (χ1n) is 9.62. The van der Waals surface area contributed by atoms with E-state index in [0.29, 0.717) is 34.5 Å². The molecule has 9 heteroatoms. The van der Waals surface area contributed by atoms with E-state index >= 15 is 0 Å². The van der Waals surface area contributed by atoms with Crippen molar-refractivity contribution in [2.24, 2.45) is 0 Å². The van der Waals surface area contributed by atoms with Crippen molar-refractivity contribution in [1.82, 2.24) is 30.1 Å². The minimum atomic E-state index is -0.133. The summed E-state index contributed by atoms with van der Waals surface area (Å²) in [6.45, 7) is 4.23. The largest absolute Gasteiger partial charge is 0.496 e. The van der Waals surface area contributed by atoms with E-state index in [2.05, 4.69) is 25.7 Å². The fourth-order valence-corrected chi connectivity index (χ4v) is 3.09. The van der Waals surface area contributed by atoms with Crippen molar-refractivity contribution in [2.75, 3.05) is 7.11 Å². The zero-order valence-electron chi connectivity index (χ0n) is 17.0. The highest BCUT2D eigenvalue weighted by molar-refractivity contribution is 5.79. The van der Waals surface area contributed by atoms with E-state index in [9.17, 15) is 4.79 Å². The van der Waals surface area contributed by atoms with E-state index in [1.165, 1.54) is 0 Å². The molecule has 3 aromatic heterocycles. The second kappa shape index (κ2) is 8.32. The molecule has 0 aliphatic carbocycles. The van der Waals surface area contributed by atoms with E-state index < -0.39 is 0 Å². The second-order valence-corrected chi connectivity index (χ2v) is 7.11. The zero-order valence-corrected chi connectivity index (χ0v) is 17.0. The van der Waals surface area contributed by atoms with Crippen molar-refractivity contribution in [2.45, 2.75) is 32.7 Å². The number of carbonyl (C=O) groups excluding carboxylic acids is 1. The fraction of sp³-hybridized carbons (Fsp3) is 0.286. The van der Waals surface area contributed by atoms with Gasteiger partial charge in [-0.15, -0.1) is 10.2 Å². The van der Waals surface area contributed by atoms with Crippen molar-refractivity contribution >= 4 is 11.6 Å². The van der Waals surface area contributed by atoms with E-state index in [1.54, 1.807) is 11.5 Å². The van der Waals surface area contributed by atoms with Gasteiger partial charge >= 0.3 is 0 Å². The summed E-state index contributed by atoms with van der Waals surface area (Å²) in [5.41, 5.74) is 2.10. The molecule has 0 bridgehead atoms. The van der Waals surface area contributed by atoms with Gasteiger partial charge < -0.3 is 14.6 Å². The lowest BCUT2D eigenvalue weighted by atomic mass is 10.1. The van der Waals surface area contributed by atoms with Crippen molar-refractivity contribution < 1.29 is 14.1 Å². The Kier molecular flexibility index (Phi) is 5.42. The standard InChI is InChI=1S/C21H22N6O3/c1-13(2)19-23-21(30-26-19)15-8-6-10-27-17(24-25-20(15)27)12-22-18(28)11-14-7-4-5-9-16(14)29-3/h4-10,13H,11-12H2,1-3H3,(H,22,28). The molecule has 0 atom stereocenters. The highest BCUT2D eigenvalue weighted by atomic mass is 16.5. The van der Waals surface area contributed by atoms with Gasteiger partial charge in [0.15, 0.2) is 17.3 Å². The van der Waals surface area contributed by atoms with Crippen molar-refractivity contribution in [3.8, 4) is 17.2 Å². The number of nitrogens with one attached hydrogen (secondary N) is 1. The molecule has 4 rings (SSSR count). The third-order valence-electron chi connectivity index (χ3n) is 4.68. The van der Waals surface area contributed by atoms with E-state index in [0.717, 1.165) is 5.56 Å². The van der Waals surface area contributed by atoms with Crippen LogP contribution in [0.2, 0.25) is 0 Å². The Hall–Kier alpha value is -3.75. The molecule has 4 aromatic rings. The van der Waals surface area contributed by atoms with Gasteiger partial charge in [0.25, 0.3) is 5.89 Å². The minimum absolute atomic E-state index is 0.133. The molecule has 1 N–H and O–H groups in total. The molecule has 0 aliphatic rings. The Morgan fingerprint density at radius 1 is 1.20 bits per heavy atom. The molecule has 30 heavy (non-hydrogen) atoms. The number of benzene rings is 1. The topological polar surface area (TPSA) is 107 Å². The number of amides is 1. The number of pyridine rings is 1. The van der Waals surface area contributed by atoms with Crippen LogP contribution in [0.3, 0.4) is 0 Å². The molecule has 0 spiro atoms. The van der Waals surface area contributed by atoms with Crippen molar-refractivity contribution in [3.05, 3.63) is 59.8 Å². The van der Waals surface area contributed by atoms with Crippen LogP contribution in [-0.4, -0.2) is 37.8 Å². The first kappa shape index (κ1) is 19.6. The first-order chi connectivity index (χ1) is 14.6. The first-order valence-corrected chi connectivity index (χ1v) is 9.62. The van der Waals surface area contributed by atoms with Gasteiger partial charge in [-0.3, -0.25) is 9.20 Å². The number of fused-ring (bicyclic) bond motifs is 1. The van der Waals surface area contributed by atoms with E-state index in [1.807, 2.05) is 56.4 Å². The van der Waals surface area contributed by atoms with E-state index in [-0.39, 0.29) is 24.8 Å². The number of carbonyl (C=O) groups is 1. The number of aromatic nitrogens is 5. The average Bonchev–Trinajstić information content (AvgIpc) is 3.40. The molecule has 1 aromatic carbocycles. The molecule has 0 unspecified atom stereocenters. The van der Waals surface area contributed by atoms with Crippen LogP contribution in [0.15, 0.2) is 47.1 Å². The molecule has 0 saturated heterocycles. The summed E-state index contributed by atoms with van der Waals surface area (Å²) in [5.74, 6) is 2.34. The molecule has 0 radical (unpaired) electrons. The third kappa shape index (κ3) is 3.86. The Bertz CT molecular complexity index is 1180. The van der Waals surface area contributed by atoms with Gasteiger partial charge in [-0.1, -0.05) is 37.2 Å². The van der Waals surface area contributed by atoms with Crippen LogP contribution < -0.4 is 10.1 Å². The molecule has 0 saturated carbocycles. The summed E-state index contributed by atoms with van der Waals surface area (Å²) in [6, 6.07) is 11.1. The van der Waals surface area contributed by atoms with Gasteiger partial charge in [0.05, 0.1) is 25.6 Å². The van der Waals surface area contributed by atoms with Gasteiger partial charge in [-0.25, -0.2) is 0 Å². The van der Waals surface area contributed by atoms with E-state index in [4.69, 9.17) is 9.26 Å². The van der Waals surface area contributed by atoms with Crippen LogP contribution in [0.1, 0.15) is 37.0 Å². The molecule has 154 valence electrons. The van der Waals surface area contributed by atoms with Crippen LogP contribution in [0.4, 0.5) is 0 Å². The number of para-hydroxylation sites is 1. The lowest BCUT2D eigenvalue weighted by molar-refractivity contribution is -0.120. The van der Waals surface area contributed by atoms with Gasteiger partial charge in [-0.2, -0.15) is 4.98 Å². The minimum Gasteiger partial charge on any atom is -0.496 e. The van der Waals surface area contributed by atoms with Crippen molar-refractivity contribution in [1.29, 1.82) is 0 Å². The lowest BCUT2D eigenvalue weighted by Gasteiger charge is -2.08. The number of rotatable bonds is 7. The SMILES string of the molecule is COc1ccccc1CC(=O)NCc1nnc2c(-c3nc(C(C)C)no3)cccn12. The highest BCUT2D eigenvalue weighted by Crippen LogP contribution is 2.24. The van der Waals surface area contributed by atoms with Gasteiger partial charge in [0, 0.05) is 17.7 Å². The Labute approximate surface area is 173 Å². The van der Waals surface area contributed by atoms with Crippen LogP contribution >= 0.6 is 0 Å². The Morgan fingerprint density at radius 3 is 2.80 bits per heavy atom. The molecule has 1 amide bonds. The molecular formula is C21H22N6O3. The Morgan fingerprint density at radius 2 is 2.03 bits per heavy atom. The number of ether oxygens (including phenoxy) is 1. The maximum atomic E-state index is 12.4. The summed E-state index contributed by atoms with van der Waals surface area (Å²) in [6.07, 6.45) is 2.05. The van der Waals surface area contributed by atoms with Gasteiger partial charge in [-0.05, 0) is 18.2 Å². The summed E-state index contributed by atoms with van der Waals surface area (Å²) in [5, 5.41) is 15.4. The van der Waals surface area contributed by atoms with Crippen LogP contribution in [0.5, 0.6) is 5.75 Å². The monoisotopic (exact) mass is 406 g/mol. The van der Waals surface area contributed by atoms with Crippen LogP contribution in [0.25, 0.3) is 17.1 Å². The highest BCUT2D eigenvalue weighted by Gasteiger charge is 2.17. The third-order valence-corrected chi connectivity index (χ3v) is 4.68. The molecule has 0 aliphatic heterocycles. The summed E-state index contributed by atoms with van der Waals surface area (Å²) < 4.78 is 12.5. The molecule has 9 nitrogen and oxygen atoms in total. The fourth-order valence-electron chi connectivity index (χ4n) is 3.09. The summed E-state index contributed by atoms with van der Waals surface area (Å²) >= 11 is 0. The van der Waals surface area contributed by atoms with Gasteiger partial charge in [0.2, 0.25) is 5.91 Å². The lowest BCUT2D eigenvalue weighted by Crippen LogP contribution is -2.25. The molecule has 0 fully saturated rings. The smallest absolute Gasteiger partial charge is 0.261 e. The van der Waals surface area contributed by atoms with Crippen molar-refractivity contribution in [3.63, 3.8) is 0 Å². The summed E-state index contributed by atoms with van der Waals surface area (Å²) in [4.78, 5) is 16.8. The predicted octanol–water partition coefficient (Wildman–Crippen LogP) is 2.77. The van der Waals surface area contributed by atoms with Gasteiger partial charge in [0.1, 0.15) is 5.75 Å². The zero-order chi connectivity index (χ0) is 21.1. The van der Waals surface area contributed by atoms with Crippen LogP contribution in [0, 0.1) is 0 Å².